The maximum atomic E-state index is 11.6. The van der Waals surface area contributed by atoms with Gasteiger partial charge in [0.1, 0.15) is 5.75 Å². The first-order valence-corrected chi connectivity index (χ1v) is 5.91. The summed E-state index contributed by atoms with van der Waals surface area (Å²) in [4.78, 5) is 25.7. The number of benzene rings is 1. The monoisotopic (exact) mass is 273 g/mol. The lowest BCUT2D eigenvalue weighted by molar-refractivity contribution is -0.117. The number of hydrogen-bond acceptors (Lipinski definition) is 3. The third-order valence-corrected chi connectivity index (χ3v) is 3.04. The Morgan fingerprint density at radius 2 is 2.10 bits per heavy atom. The molecule has 0 aliphatic carbocycles. The van der Waals surface area contributed by atoms with Gasteiger partial charge < -0.3 is 21.2 Å². The molecule has 1 heterocycles. The van der Waals surface area contributed by atoms with E-state index in [0.717, 1.165) is 5.56 Å². The van der Waals surface area contributed by atoms with Crippen molar-refractivity contribution >= 4 is 28.8 Å². The Kier molecular flexibility index (Phi) is 3.47. The van der Waals surface area contributed by atoms with Crippen molar-refractivity contribution < 1.29 is 14.3 Å². The SMILES string of the molecule is C=Cc1cc2c(C(N)=O)c(CC(N)=O)[nH]c2cc1OC. The van der Waals surface area contributed by atoms with E-state index >= 15 is 0 Å². The molecule has 1 aromatic heterocycles. The summed E-state index contributed by atoms with van der Waals surface area (Å²) in [5.74, 6) is -0.557. The molecule has 0 aliphatic heterocycles. The fourth-order valence-corrected chi connectivity index (χ4v) is 2.22. The fourth-order valence-electron chi connectivity index (χ4n) is 2.22. The van der Waals surface area contributed by atoms with E-state index in [1.807, 2.05) is 0 Å². The molecule has 0 saturated heterocycles. The van der Waals surface area contributed by atoms with Gasteiger partial charge in [0, 0.05) is 22.7 Å². The highest BCUT2D eigenvalue weighted by molar-refractivity contribution is 6.09. The van der Waals surface area contributed by atoms with E-state index in [1.165, 1.54) is 7.11 Å². The fraction of sp³-hybridized carbons (Fsp3) is 0.143. The van der Waals surface area contributed by atoms with Gasteiger partial charge in [-0.05, 0) is 6.07 Å². The summed E-state index contributed by atoms with van der Waals surface area (Å²) in [6.45, 7) is 3.70. The number of carbonyl (C=O) groups is 2. The summed E-state index contributed by atoms with van der Waals surface area (Å²) < 4.78 is 5.24. The molecule has 5 N–H and O–H groups in total. The van der Waals surface area contributed by atoms with Crippen molar-refractivity contribution in [3.8, 4) is 5.75 Å². The molecule has 0 bridgehead atoms. The van der Waals surface area contributed by atoms with Crippen molar-refractivity contribution in [3.05, 3.63) is 35.5 Å². The summed E-state index contributed by atoms with van der Waals surface area (Å²) in [7, 11) is 1.54. The van der Waals surface area contributed by atoms with Gasteiger partial charge in [-0.3, -0.25) is 9.59 Å². The van der Waals surface area contributed by atoms with Crippen molar-refractivity contribution in [1.82, 2.24) is 4.98 Å². The Hall–Kier alpha value is -2.76. The first-order valence-electron chi connectivity index (χ1n) is 5.91. The predicted molar refractivity (Wildman–Crippen MR) is 76.4 cm³/mol. The third kappa shape index (κ3) is 2.23. The zero-order valence-electron chi connectivity index (χ0n) is 11.0. The van der Waals surface area contributed by atoms with Crippen LogP contribution in [0.4, 0.5) is 0 Å². The van der Waals surface area contributed by atoms with E-state index in [-0.39, 0.29) is 12.0 Å². The Bertz CT molecular complexity index is 716. The number of carbonyl (C=O) groups excluding carboxylic acids is 2. The first kappa shape index (κ1) is 13.7. The Morgan fingerprint density at radius 3 is 2.60 bits per heavy atom. The number of rotatable bonds is 5. The van der Waals surface area contributed by atoms with Gasteiger partial charge >= 0.3 is 0 Å². The van der Waals surface area contributed by atoms with Crippen molar-refractivity contribution in [1.29, 1.82) is 0 Å². The van der Waals surface area contributed by atoms with Gasteiger partial charge in [0.15, 0.2) is 0 Å². The molecular weight excluding hydrogens is 258 g/mol. The van der Waals surface area contributed by atoms with Crippen LogP contribution in [0.25, 0.3) is 17.0 Å². The maximum Gasteiger partial charge on any atom is 0.251 e. The van der Waals surface area contributed by atoms with Crippen molar-refractivity contribution in [2.45, 2.75) is 6.42 Å². The van der Waals surface area contributed by atoms with Gasteiger partial charge in [-0.25, -0.2) is 0 Å². The summed E-state index contributed by atoms with van der Waals surface area (Å²) in [6.07, 6.45) is 1.53. The first-order chi connectivity index (χ1) is 9.47. The van der Waals surface area contributed by atoms with Gasteiger partial charge in [0.2, 0.25) is 5.91 Å². The zero-order valence-corrected chi connectivity index (χ0v) is 11.0. The number of primary amides is 2. The van der Waals surface area contributed by atoms with E-state index in [9.17, 15) is 9.59 Å². The van der Waals surface area contributed by atoms with Crippen molar-refractivity contribution in [3.63, 3.8) is 0 Å². The Labute approximate surface area is 115 Å². The van der Waals surface area contributed by atoms with E-state index in [2.05, 4.69) is 11.6 Å². The van der Waals surface area contributed by atoms with Crippen LogP contribution in [0.2, 0.25) is 0 Å². The molecule has 104 valence electrons. The molecule has 20 heavy (non-hydrogen) atoms. The minimum absolute atomic E-state index is 0.0846. The highest BCUT2D eigenvalue weighted by atomic mass is 16.5. The lowest BCUT2D eigenvalue weighted by Gasteiger charge is -2.05. The van der Waals surface area contributed by atoms with Crippen LogP contribution in [-0.4, -0.2) is 23.9 Å². The minimum Gasteiger partial charge on any atom is -0.496 e. The largest absolute Gasteiger partial charge is 0.496 e. The number of nitrogens with two attached hydrogens (primary N) is 2. The molecule has 6 nitrogen and oxygen atoms in total. The van der Waals surface area contributed by atoms with Gasteiger partial charge in [-0.1, -0.05) is 12.7 Å². The van der Waals surface area contributed by atoms with Crippen LogP contribution in [0.1, 0.15) is 21.6 Å². The molecule has 2 rings (SSSR count). The summed E-state index contributed by atoms with van der Waals surface area (Å²) in [5.41, 5.74) is 12.6. The smallest absolute Gasteiger partial charge is 0.251 e. The second-order valence-corrected chi connectivity index (χ2v) is 4.33. The Balaban J connectivity index is 2.77. The summed E-state index contributed by atoms with van der Waals surface area (Å²) >= 11 is 0. The number of hydrogen-bond donors (Lipinski definition) is 3. The topological polar surface area (TPSA) is 111 Å². The zero-order chi connectivity index (χ0) is 14.9. The van der Waals surface area contributed by atoms with Crippen LogP contribution < -0.4 is 16.2 Å². The van der Waals surface area contributed by atoms with Crippen LogP contribution in [0, 0.1) is 0 Å². The highest BCUT2D eigenvalue weighted by Gasteiger charge is 2.19. The number of ether oxygens (including phenoxy) is 1. The minimum atomic E-state index is -0.618. The van der Waals surface area contributed by atoms with Crippen molar-refractivity contribution in [2.75, 3.05) is 7.11 Å². The van der Waals surface area contributed by atoms with Gasteiger partial charge in [-0.15, -0.1) is 0 Å². The molecule has 2 amide bonds. The van der Waals surface area contributed by atoms with E-state index in [1.54, 1.807) is 18.2 Å². The quantitative estimate of drug-likeness (QED) is 0.753. The third-order valence-electron chi connectivity index (χ3n) is 3.04. The number of methoxy groups -OCH3 is 1. The molecule has 1 aromatic carbocycles. The Morgan fingerprint density at radius 1 is 1.40 bits per heavy atom. The molecule has 2 aromatic rings. The molecule has 0 saturated carbocycles. The summed E-state index contributed by atoms with van der Waals surface area (Å²) in [5, 5.41) is 0.615. The molecular formula is C14H15N3O3. The average molecular weight is 273 g/mol. The second-order valence-electron chi connectivity index (χ2n) is 4.33. The molecule has 6 heteroatoms. The van der Waals surface area contributed by atoms with Crippen molar-refractivity contribution in [2.24, 2.45) is 11.5 Å². The maximum absolute atomic E-state index is 11.6. The summed E-state index contributed by atoms with van der Waals surface area (Å²) in [6, 6.07) is 3.46. The molecule has 0 fully saturated rings. The molecule has 0 unspecified atom stereocenters. The lowest BCUT2D eigenvalue weighted by atomic mass is 10.1. The predicted octanol–water partition coefficient (Wildman–Crippen LogP) is 0.946. The van der Waals surface area contributed by atoms with E-state index < -0.39 is 11.8 Å². The molecule has 0 spiro atoms. The molecule has 0 atom stereocenters. The number of aromatic nitrogens is 1. The number of amides is 2. The van der Waals surface area contributed by atoms with Crippen LogP contribution in [0.3, 0.4) is 0 Å². The molecule has 0 radical (unpaired) electrons. The van der Waals surface area contributed by atoms with Crippen LogP contribution >= 0.6 is 0 Å². The van der Waals surface area contributed by atoms with Gasteiger partial charge in [0.25, 0.3) is 5.91 Å². The average Bonchev–Trinajstić information content (AvgIpc) is 2.72. The number of H-pyrrole nitrogens is 1. The number of fused-ring (bicyclic) bond motifs is 1. The normalized spacial score (nSPS) is 10.4. The van der Waals surface area contributed by atoms with Crippen LogP contribution in [0.15, 0.2) is 18.7 Å². The van der Waals surface area contributed by atoms with E-state index in [0.29, 0.717) is 22.3 Å². The highest BCUT2D eigenvalue weighted by Crippen LogP contribution is 2.30. The van der Waals surface area contributed by atoms with Gasteiger partial charge in [-0.2, -0.15) is 0 Å². The van der Waals surface area contributed by atoms with E-state index in [4.69, 9.17) is 16.2 Å². The van der Waals surface area contributed by atoms with Crippen LogP contribution in [-0.2, 0) is 11.2 Å². The van der Waals surface area contributed by atoms with Gasteiger partial charge in [0.05, 0.1) is 24.6 Å². The number of nitrogens with one attached hydrogen (secondary N) is 1. The molecule has 0 aliphatic rings. The number of aromatic amines is 1. The lowest BCUT2D eigenvalue weighted by Crippen LogP contribution is -2.18. The second kappa shape index (κ2) is 5.08. The van der Waals surface area contributed by atoms with Crippen LogP contribution in [0.5, 0.6) is 5.75 Å². The standard InChI is InChI=1S/C14H15N3O3/c1-3-7-4-8-9(5-11(7)20-2)17-10(6-12(15)18)13(8)14(16)19/h3-5,17H,1,6H2,2H3,(H2,15,18)(H2,16,19).